The fourth-order valence-electron chi connectivity index (χ4n) is 3.68. The van der Waals surface area contributed by atoms with E-state index in [4.69, 9.17) is 10.7 Å². The Balaban J connectivity index is 1.91. The quantitative estimate of drug-likeness (QED) is 0.907. The Morgan fingerprint density at radius 3 is 2.65 bits per heavy atom. The van der Waals surface area contributed by atoms with Gasteiger partial charge in [0.15, 0.2) is 0 Å². The van der Waals surface area contributed by atoms with Crippen molar-refractivity contribution in [3.63, 3.8) is 0 Å². The molecule has 2 N–H and O–H groups in total. The molecular formula is C16H27N3S. The molecule has 0 amide bonds. The molecule has 0 radical (unpaired) electrons. The summed E-state index contributed by atoms with van der Waals surface area (Å²) in [6.45, 7) is 3.26. The summed E-state index contributed by atoms with van der Waals surface area (Å²) < 4.78 is 2.34. The van der Waals surface area contributed by atoms with Gasteiger partial charge in [-0.2, -0.15) is 11.8 Å². The zero-order valence-electron chi connectivity index (χ0n) is 12.6. The number of nitrogen functional groups attached to an aromatic ring is 1. The summed E-state index contributed by atoms with van der Waals surface area (Å²) in [6.07, 6.45) is 9.11. The van der Waals surface area contributed by atoms with Crippen molar-refractivity contribution >= 4 is 17.6 Å². The zero-order chi connectivity index (χ0) is 13.9. The second-order valence-corrected chi connectivity index (χ2v) is 7.44. The van der Waals surface area contributed by atoms with E-state index in [1.165, 1.54) is 61.5 Å². The van der Waals surface area contributed by atoms with Gasteiger partial charge in [-0.15, -0.1) is 0 Å². The SMILES string of the molecule is CCCn1c(C2CCCCC2)nc(C2CCSC2)c1N. The van der Waals surface area contributed by atoms with Crippen LogP contribution in [-0.4, -0.2) is 21.1 Å². The maximum Gasteiger partial charge on any atom is 0.127 e. The van der Waals surface area contributed by atoms with E-state index in [-0.39, 0.29) is 0 Å². The fraction of sp³-hybridized carbons (Fsp3) is 0.812. The zero-order valence-corrected chi connectivity index (χ0v) is 13.4. The van der Waals surface area contributed by atoms with Gasteiger partial charge >= 0.3 is 0 Å². The normalized spacial score (nSPS) is 24.4. The predicted molar refractivity (Wildman–Crippen MR) is 87.4 cm³/mol. The third-order valence-electron chi connectivity index (χ3n) is 4.80. The number of hydrogen-bond acceptors (Lipinski definition) is 3. The highest BCUT2D eigenvalue weighted by Crippen LogP contribution is 2.39. The molecule has 2 fully saturated rings. The minimum atomic E-state index is 0.598. The Morgan fingerprint density at radius 2 is 2.00 bits per heavy atom. The molecule has 112 valence electrons. The Hall–Kier alpha value is -0.640. The van der Waals surface area contributed by atoms with Crippen LogP contribution in [0.25, 0.3) is 0 Å². The van der Waals surface area contributed by atoms with Crippen LogP contribution in [-0.2, 0) is 6.54 Å². The van der Waals surface area contributed by atoms with Crippen molar-refractivity contribution in [1.29, 1.82) is 0 Å². The van der Waals surface area contributed by atoms with Crippen LogP contribution in [0.5, 0.6) is 0 Å². The van der Waals surface area contributed by atoms with Gasteiger partial charge in [-0.05, 0) is 31.4 Å². The lowest BCUT2D eigenvalue weighted by molar-refractivity contribution is 0.415. The van der Waals surface area contributed by atoms with Gasteiger partial charge in [0.25, 0.3) is 0 Å². The van der Waals surface area contributed by atoms with Crippen molar-refractivity contribution in [3.8, 4) is 0 Å². The molecular weight excluding hydrogens is 266 g/mol. The highest BCUT2D eigenvalue weighted by Gasteiger charge is 2.28. The molecule has 3 rings (SSSR count). The summed E-state index contributed by atoms with van der Waals surface area (Å²) in [6, 6.07) is 0. The van der Waals surface area contributed by atoms with Crippen molar-refractivity contribution in [1.82, 2.24) is 9.55 Å². The number of anilines is 1. The Labute approximate surface area is 126 Å². The van der Waals surface area contributed by atoms with Gasteiger partial charge in [0.05, 0.1) is 5.69 Å². The molecule has 1 aliphatic heterocycles. The van der Waals surface area contributed by atoms with Gasteiger partial charge in [0.1, 0.15) is 11.6 Å². The number of hydrogen-bond donors (Lipinski definition) is 1. The minimum absolute atomic E-state index is 0.598. The van der Waals surface area contributed by atoms with Gasteiger partial charge in [0, 0.05) is 24.1 Å². The molecule has 1 atom stereocenters. The van der Waals surface area contributed by atoms with E-state index < -0.39 is 0 Å². The molecule has 0 spiro atoms. The minimum Gasteiger partial charge on any atom is -0.384 e. The number of rotatable bonds is 4. The largest absolute Gasteiger partial charge is 0.384 e. The first-order valence-electron chi connectivity index (χ1n) is 8.24. The van der Waals surface area contributed by atoms with E-state index >= 15 is 0 Å². The van der Waals surface area contributed by atoms with Crippen molar-refractivity contribution in [2.45, 2.75) is 70.3 Å². The molecule has 0 aromatic carbocycles. The summed E-state index contributed by atoms with van der Waals surface area (Å²) in [5.41, 5.74) is 7.68. The highest BCUT2D eigenvalue weighted by molar-refractivity contribution is 7.99. The van der Waals surface area contributed by atoms with E-state index in [9.17, 15) is 0 Å². The third-order valence-corrected chi connectivity index (χ3v) is 5.96. The van der Waals surface area contributed by atoms with Crippen LogP contribution in [0.2, 0.25) is 0 Å². The van der Waals surface area contributed by atoms with Crippen LogP contribution in [0.3, 0.4) is 0 Å². The van der Waals surface area contributed by atoms with E-state index in [1.54, 1.807) is 0 Å². The lowest BCUT2D eigenvalue weighted by Crippen LogP contribution is -2.13. The van der Waals surface area contributed by atoms with Crippen LogP contribution in [0, 0.1) is 0 Å². The molecule has 20 heavy (non-hydrogen) atoms. The van der Waals surface area contributed by atoms with Gasteiger partial charge in [-0.25, -0.2) is 4.98 Å². The van der Waals surface area contributed by atoms with Gasteiger partial charge < -0.3 is 10.3 Å². The first-order chi connectivity index (χ1) is 9.81. The van der Waals surface area contributed by atoms with Crippen LogP contribution in [0.15, 0.2) is 0 Å². The monoisotopic (exact) mass is 293 g/mol. The number of imidazole rings is 1. The smallest absolute Gasteiger partial charge is 0.127 e. The second kappa shape index (κ2) is 6.42. The van der Waals surface area contributed by atoms with Gasteiger partial charge in [0.2, 0.25) is 0 Å². The number of nitrogens with two attached hydrogens (primary N) is 1. The fourth-order valence-corrected chi connectivity index (χ4v) is 4.91. The molecule has 2 aliphatic rings. The molecule has 4 heteroatoms. The lowest BCUT2D eigenvalue weighted by atomic mass is 9.88. The van der Waals surface area contributed by atoms with Crippen LogP contribution < -0.4 is 5.73 Å². The van der Waals surface area contributed by atoms with E-state index in [0.717, 1.165) is 18.8 Å². The third kappa shape index (κ3) is 2.72. The number of nitrogens with zero attached hydrogens (tertiary/aromatic N) is 2. The molecule has 3 nitrogen and oxygen atoms in total. The van der Waals surface area contributed by atoms with Gasteiger partial charge in [-0.3, -0.25) is 0 Å². The average molecular weight is 293 g/mol. The van der Waals surface area contributed by atoms with Crippen molar-refractivity contribution in [3.05, 3.63) is 11.5 Å². The maximum atomic E-state index is 6.47. The predicted octanol–water partition coefficient (Wildman–Crippen LogP) is 4.14. The summed E-state index contributed by atoms with van der Waals surface area (Å²) in [5, 5.41) is 0. The molecule has 2 heterocycles. The molecule has 0 bridgehead atoms. The molecule has 1 saturated heterocycles. The van der Waals surface area contributed by atoms with Crippen LogP contribution >= 0.6 is 11.8 Å². The molecule has 1 unspecified atom stereocenters. The topological polar surface area (TPSA) is 43.8 Å². The summed E-state index contributed by atoms with van der Waals surface area (Å²) in [5.74, 6) is 6.00. The molecule has 1 aromatic rings. The standard InChI is InChI=1S/C16H27N3S/c1-2-9-19-15(17)14(13-8-10-20-11-13)18-16(19)12-6-4-3-5-7-12/h12-13H,2-11,17H2,1H3. The van der Waals surface area contributed by atoms with Crippen molar-refractivity contribution in [2.24, 2.45) is 0 Å². The van der Waals surface area contributed by atoms with E-state index in [0.29, 0.717) is 11.8 Å². The number of aromatic nitrogens is 2. The summed E-state index contributed by atoms with van der Waals surface area (Å²) in [4.78, 5) is 5.06. The summed E-state index contributed by atoms with van der Waals surface area (Å²) >= 11 is 2.04. The Kier molecular flexibility index (Phi) is 4.59. The van der Waals surface area contributed by atoms with E-state index in [2.05, 4.69) is 11.5 Å². The Morgan fingerprint density at radius 1 is 1.20 bits per heavy atom. The highest BCUT2D eigenvalue weighted by atomic mass is 32.2. The first kappa shape index (κ1) is 14.3. The second-order valence-electron chi connectivity index (χ2n) is 6.29. The van der Waals surface area contributed by atoms with E-state index in [1.807, 2.05) is 11.8 Å². The van der Waals surface area contributed by atoms with Crippen LogP contribution in [0.1, 0.15) is 75.2 Å². The first-order valence-corrected chi connectivity index (χ1v) is 9.40. The maximum absolute atomic E-state index is 6.47. The lowest BCUT2D eigenvalue weighted by Gasteiger charge is -2.22. The van der Waals surface area contributed by atoms with Crippen molar-refractivity contribution < 1.29 is 0 Å². The van der Waals surface area contributed by atoms with Gasteiger partial charge in [-0.1, -0.05) is 26.2 Å². The van der Waals surface area contributed by atoms with Crippen molar-refractivity contribution in [2.75, 3.05) is 17.2 Å². The molecule has 1 aromatic heterocycles. The average Bonchev–Trinajstić information content (AvgIpc) is 3.10. The Bertz CT molecular complexity index is 443. The summed E-state index contributed by atoms with van der Waals surface area (Å²) in [7, 11) is 0. The molecule has 1 aliphatic carbocycles. The number of thioether (sulfide) groups is 1. The van der Waals surface area contributed by atoms with Crippen LogP contribution in [0.4, 0.5) is 5.82 Å². The molecule has 1 saturated carbocycles.